The molecule has 0 aromatic heterocycles. The summed E-state index contributed by atoms with van der Waals surface area (Å²) < 4.78 is 15.8. The first-order valence-corrected chi connectivity index (χ1v) is 6.62. The Balaban J connectivity index is 2.19. The van der Waals surface area contributed by atoms with E-state index in [-0.39, 0.29) is 5.97 Å². The van der Waals surface area contributed by atoms with Gasteiger partial charge in [-0.05, 0) is 6.92 Å². The van der Waals surface area contributed by atoms with E-state index in [0.717, 1.165) is 31.1 Å². The Morgan fingerprint density at radius 1 is 1.47 bits per heavy atom. The molecule has 5 heteroatoms. The van der Waals surface area contributed by atoms with Crippen LogP contribution < -0.4 is 0 Å². The van der Waals surface area contributed by atoms with Gasteiger partial charge in [0, 0.05) is 48.0 Å². The van der Waals surface area contributed by atoms with Crippen molar-refractivity contribution in [3.63, 3.8) is 0 Å². The number of carbonyl (C=O) groups is 1. The van der Waals surface area contributed by atoms with E-state index in [1.54, 1.807) is 13.0 Å². The van der Waals surface area contributed by atoms with Crippen molar-refractivity contribution >= 4 is 16.8 Å². The Labute approximate surface area is 92.7 Å². The number of esters is 1. The molecule has 0 spiro atoms. The van der Waals surface area contributed by atoms with Gasteiger partial charge in [-0.15, -0.1) is 0 Å². The highest BCUT2D eigenvalue weighted by Gasteiger charge is 2.13. The number of hydrogen-bond acceptors (Lipinski definition) is 4. The summed E-state index contributed by atoms with van der Waals surface area (Å²) in [5, 5.41) is 0. The summed E-state index contributed by atoms with van der Waals surface area (Å²) in [6.07, 6.45) is 3.25. The van der Waals surface area contributed by atoms with Crippen LogP contribution in [-0.4, -0.2) is 52.8 Å². The highest BCUT2D eigenvalue weighted by molar-refractivity contribution is 7.85. The van der Waals surface area contributed by atoms with Gasteiger partial charge in [-0.3, -0.25) is 9.11 Å². The standard InChI is InChI=1S/C10H17NO3S/c1-2-14-10(12)4-3-5-11-6-8-15(13)9-7-11/h3-4H,2,5-9H2,1H3/b4-3+. The maximum atomic E-state index is 11.1. The molecule has 0 aliphatic carbocycles. The molecule has 86 valence electrons. The van der Waals surface area contributed by atoms with Gasteiger partial charge >= 0.3 is 5.97 Å². The lowest BCUT2D eigenvalue weighted by Gasteiger charge is -2.24. The minimum absolute atomic E-state index is 0.293. The summed E-state index contributed by atoms with van der Waals surface area (Å²) in [7, 11) is -0.636. The Morgan fingerprint density at radius 2 is 2.13 bits per heavy atom. The molecule has 0 aromatic carbocycles. The molecule has 0 atom stereocenters. The van der Waals surface area contributed by atoms with Gasteiger partial charge in [0.2, 0.25) is 0 Å². The lowest BCUT2D eigenvalue weighted by Crippen LogP contribution is -2.37. The van der Waals surface area contributed by atoms with Crippen LogP contribution in [-0.2, 0) is 20.3 Å². The normalized spacial score (nSPS) is 19.5. The summed E-state index contributed by atoms with van der Waals surface area (Å²) in [6, 6.07) is 0. The molecule has 0 unspecified atom stereocenters. The van der Waals surface area contributed by atoms with Crippen molar-refractivity contribution in [2.45, 2.75) is 6.92 Å². The van der Waals surface area contributed by atoms with Crippen LogP contribution in [0.25, 0.3) is 0 Å². The number of rotatable bonds is 4. The Bertz CT molecular complexity index is 255. The highest BCUT2D eigenvalue weighted by Crippen LogP contribution is 1.99. The van der Waals surface area contributed by atoms with Crippen LogP contribution in [0.4, 0.5) is 0 Å². The van der Waals surface area contributed by atoms with Crippen molar-refractivity contribution in [2.75, 3.05) is 37.7 Å². The zero-order valence-electron chi connectivity index (χ0n) is 8.98. The van der Waals surface area contributed by atoms with Gasteiger partial charge in [0.1, 0.15) is 0 Å². The molecule has 1 rings (SSSR count). The summed E-state index contributed by atoms with van der Waals surface area (Å²) >= 11 is 0. The molecule has 0 aromatic rings. The molecule has 0 amide bonds. The summed E-state index contributed by atoms with van der Waals surface area (Å²) in [6.45, 7) is 4.62. The van der Waals surface area contributed by atoms with Crippen LogP contribution in [0.3, 0.4) is 0 Å². The van der Waals surface area contributed by atoms with E-state index < -0.39 is 10.8 Å². The van der Waals surface area contributed by atoms with E-state index in [1.165, 1.54) is 6.08 Å². The van der Waals surface area contributed by atoms with Gasteiger partial charge in [0.05, 0.1) is 6.61 Å². The van der Waals surface area contributed by atoms with E-state index in [2.05, 4.69) is 4.90 Å². The lowest BCUT2D eigenvalue weighted by molar-refractivity contribution is -0.137. The molecule has 0 bridgehead atoms. The van der Waals surface area contributed by atoms with Crippen LogP contribution in [0, 0.1) is 0 Å². The second-order valence-electron chi connectivity index (χ2n) is 3.30. The zero-order valence-corrected chi connectivity index (χ0v) is 9.79. The topological polar surface area (TPSA) is 46.6 Å². The van der Waals surface area contributed by atoms with Crippen LogP contribution in [0.5, 0.6) is 0 Å². The van der Waals surface area contributed by atoms with Crippen molar-refractivity contribution in [1.29, 1.82) is 0 Å². The molecule has 0 saturated carbocycles. The fourth-order valence-corrected chi connectivity index (χ4v) is 2.47. The predicted octanol–water partition coefficient (Wildman–Crippen LogP) is 0.170. The maximum Gasteiger partial charge on any atom is 0.330 e. The average molecular weight is 231 g/mol. The zero-order chi connectivity index (χ0) is 11.1. The fraction of sp³-hybridized carbons (Fsp3) is 0.700. The van der Waals surface area contributed by atoms with E-state index in [4.69, 9.17) is 4.74 Å². The monoisotopic (exact) mass is 231 g/mol. The highest BCUT2D eigenvalue weighted by atomic mass is 32.2. The molecule has 1 fully saturated rings. The number of nitrogens with zero attached hydrogens (tertiary/aromatic N) is 1. The predicted molar refractivity (Wildman–Crippen MR) is 60.1 cm³/mol. The third-order valence-electron chi connectivity index (χ3n) is 2.17. The van der Waals surface area contributed by atoms with Crippen molar-refractivity contribution < 1.29 is 13.7 Å². The van der Waals surface area contributed by atoms with Gasteiger partial charge in [-0.1, -0.05) is 6.08 Å². The summed E-state index contributed by atoms with van der Waals surface area (Å²) in [5.41, 5.74) is 0. The van der Waals surface area contributed by atoms with E-state index >= 15 is 0 Å². The first-order chi connectivity index (χ1) is 7.22. The minimum Gasteiger partial charge on any atom is -0.463 e. The van der Waals surface area contributed by atoms with Gasteiger partial charge in [-0.2, -0.15) is 0 Å². The molecule has 1 aliphatic heterocycles. The maximum absolute atomic E-state index is 11.1. The first kappa shape index (κ1) is 12.4. The molecule has 1 heterocycles. The van der Waals surface area contributed by atoms with Crippen molar-refractivity contribution in [3.8, 4) is 0 Å². The smallest absolute Gasteiger partial charge is 0.330 e. The van der Waals surface area contributed by atoms with Crippen molar-refractivity contribution in [1.82, 2.24) is 4.90 Å². The molecular weight excluding hydrogens is 214 g/mol. The Hall–Kier alpha value is -0.680. The minimum atomic E-state index is -0.636. The van der Waals surface area contributed by atoms with Gasteiger partial charge < -0.3 is 4.74 Å². The fourth-order valence-electron chi connectivity index (χ4n) is 1.35. The SMILES string of the molecule is CCOC(=O)/C=C/CN1CCS(=O)CC1. The van der Waals surface area contributed by atoms with Crippen molar-refractivity contribution in [2.24, 2.45) is 0 Å². The second-order valence-corrected chi connectivity index (χ2v) is 5.00. The molecule has 1 saturated heterocycles. The van der Waals surface area contributed by atoms with Gasteiger partial charge in [0.25, 0.3) is 0 Å². The van der Waals surface area contributed by atoms with E-state index in [0.29, 0.717) is 6.61 Å². The lowest BCUT2D eigenvalue weighted by atomic mass is 10.4. The Morgan fingerprint density at radius 3 is 2.73 bits per heavy atom. The average Bonchev–Trinajstić information content (AvgIpc) is 2.21. The molecule has 1 aliphatic rings. The van der Waals surface area contributed by atoms with E-state index in [9.17, 15) is 9.00 Å². The largest absolute Gasteiger partial charge is 0.463 e. The third kappa shape index (κ3) is 5.09. The molecule has 15 heavy (non-hydrogen) atoms. The van der Waals surface area contributed by atoms with Crippen molar-refractivity contribution in [3.05, 3.63) is 12.2 Å². The van der Waals surface area contributed by atoms with Gasteiger partial charge in [-0.25, -0.2) is 4.79 Å². The quantitative estimate of drug-likeness (QED) is 0.511. The number of hydrogen-bond donors (Lipinski definition) is 0. The molecular formula is C10H17NO3S. The summed E-state index contributed by atoms with van der Waals surface area (Å²) in [5.74, 6) is 1.19. The second kappa shape index (κ2) is 6.74. The number of ether oxygens (including phenoxy) is 1. The summed E-state index contributed by atoms with van der Waals surface area (Å²) in [4.78, 5) is 13.1. The third-order valence-corrected chi connectivity index (χ3v) is 3.45. The number of carbonyl (C=O) groups excluding carboxylic acids is 1. The molecule has 0 N–H and O–H groups in total. The first-order valence-electron chi connectivity index (χ1n) is 5.13. The van der Waals surface area contributed by atoms with Gasteiger partial charge in [0.15, 0.2) is 0 Å². The van der Waals surface area contributed by atoms with Crippen LogP contribution in [0.15, 0.2) is 12.2 Å². The van der Waals surface area contributed by atoms with Crippen LogP contribution in [0.2, 0.25) is 0 Å². The van der Waals surface area contributed by atoms with E-state index in [1.807, 2.05) is 0 Å². The Kier molecular flexibility index (Phi) is 5.57. The van der Waals surface area contributed by atoms with Crippen LogP contribution >= 0.6 is 0 Å². The molecule has 0 radical (unpaired) electrons. The molecule has 4 nitrogen and oxygen atoms in total. The van der Waals surface area contributed by atoms with Crippen LogP contribution in [0.1, 0.15) is 6.92 Å².